The summed E-state index contributed by atoms with van der Waals surface area (Å²) in [5.74, 6) is 0.716. The van der Waals surface area contributed by atoms with E-state index in [0.29, 0.717) is 52.4 Å². The van der Waals surface area contributed by atoms with Crippen LogP contribution in [0, 0.1) is 53.3 Å². The number of carboxylic acid groups (broad SMARTS) is 2. The van der Waals surface area contributed by atoms with Crippen LogP contribution in [0.5, 0.6) is 0 Å². The molecule has 52 heavy (non-hydrogen) atoms. The third-order valence-corrected chi connectivity index (χ3v) is 11.6. The SMILES string of the molecule is COC(=O)c1cccc(NC(=O)C2CC3C=CC2CC3)c1.O=C(O)C1CC2C=CC1CC2.O=C(O)c1cccc(NC(=O)C2CC3C=CC2CC3)c1. The molecule has 0 aromatic heterocycles. The Balaban J connectivity index is 0.000000140. The maximum atomic E-state index is 12.4. The predicted octanol–water partition coefficient (Wildman–Crippen LogP) is 7.61. The number of anilines is 2. The van der Waals surface area contributed by atoms with Gasteiger partial charge in [-0.25, -0.2) is 9.59 Å². The number of carbonyl (C=O) groups is 5. The summed E-state index contributed by atoms with van der Waals surface area (Å²) >= 11 is 0. The number of carbonyl (C=O) groups excluding carboxylic acids is 3. The lowest BCUT2D eigenvalue weighted by atomic mass is 9.69. The topological polar surface area (TPSA) is 159 Å². The van der Waals surface area contributed by atoms with Crippen molar-refractivity contribution < 1.29 is 38.9 Å². The summed E-state index contributed by atoms with van der Waals surface area (Å²) in [7, 11) is 1.35. The number of amides is 2. The second kappa shape index (κ2) is 16.6. The zero-order valence-corrected chi connectivity index (χ0v) is 29.5. The fraction of sp³-hybridized carbons (Fsp3) is 0.452. The number of hydrogen-bond acceptors (Lipinski definition) is 6. The largest absolute Gasteiger partial charge is 0.481 e. The molecule has 2 amide bonds. The van der Waals surface area contributed by atoms with Crippen molar-refractivity contribution in [2.24, 2.45) is 53.3 Å². The number of nitrogens with one attached hydrogen (secondary N) is 2. The third kappa shape index (κ3) is 8.89. The number of benzene rings is 2. The second-order valence-corrected chi connectivity index (χ2v) is 15.0. The predicted molar refractivity (Wildman–Crippen MR) is 196 cm³/mol. The van der Waals surface area contributed by atoms with Gasteiger partial charge in [-0.15, -0.1) is 0 Å². The molecule has 0 saturated heterocycles. The number of rotatable bonds is 7. The minimum atomic E-state index is -0.985. The molecule has 0 aliphatic heterocycles. The molecule has 0 radical (unpaired) electrons. The Kier molecular flexibility index (Phi) is 11.7. The maximum Gasteiger partial charge on any atom is 0.337 e. The van der Waals surface area contributed by atoms with Crippen molar-refractivity contribution in [3.8, 4) is 0 Å². The average molecular weight is 709 g/mol. The molecule has 6 bridgehead atoms. The lowest BCUT2D eigenvalue weighted by molar-refractivity contribution is -0.145. The molecule has 10 heteroatoms. The van der Waals surface area contributed by atoms with Crippen molar-refractivity contribution in [3.63, 3.8) is 0 Å². The Labute approximate surface area is 304 Å². The molecule has 11 rings (SSSR count). The lowest BCUT2D eigenvalue weighted by Gasteiger charge is -2.36. The molecule has 10 nitrogen and oxygen atoms in total. The van der Waals surface area contributed by atoms with Gasteiger partial charge >= 0.3 is 17.9 Å². The number of carboxylic acids is 2. The Morgan fingerprint density at radius 2 is 1.00 bits per heavy atom. The van der Waals surface area contributed by atoms with Gasteiger partial charge in [0.15, 0.2) is 0 Å². The van der Waals surface area contributed by atoms with E-state index in [1.54, 1.807) is 36.4 Å². The average Bonchev–Trinajstić information content (AvgIpc) is 3.19. The summed E-state index contributed by atoms with van der Waals surface area (Å²) < 4.78 is 4.69. The molecule has 3 saturated carbocycles. The van der Waals surface area contributed by atoms with Crippen molar-refractivity contribution in [2.45, 2.75) is 57.8 Å². The Hall–Kier alpha value is -4.99. The highest BCUT2D eigenvalue weighted by Gasteiger charge is 2.38. The Bertz CT molecular complexity index is 1760. The van der Waals surface area contributed by atoms with E-state index in [-0.39, 0.29) is 35.1 Å². The number of aliphatic carboxylic acids is 1. The van der Waals surface area contributed by atoms with Crippen LogP contribution in [0.4, 0.5) is 11.4 Å². The molecule has 0 spiro atoms. The summed E-state index contributed by atoms with van der Waals surface area (Å²) in [6, 6.07) is 13.2. The zero-order chi connectivity index (χ0) is 36.8. The summed E-state index contributed by atoms with van der Waals surface area (Å²) in [6.45, 7) is 0. The number of aromatic carboxylic acids is 1. The van der Waals surface area contributed by atoms with Crippen LogP contribution in [-0.4, -0.2) is 47.0 Å². The molecule has 0 heterocycles. The van der Waals surface area contributed by atoms with Crippen LogP contribution in [0.1, 0.15) is 78.5 Å². The second-order valence-electron chi connectivity index (χ2n) is 15.0. The van der Waals surface area contributed by atoms with E-state index in [9.17, 15) is 24.0 Å². The summed E-state index contributed by atoms with van der Waals surface area (Å²) in [4.78, 5) is 57.9. The molecule has 9 aliphatic rings. The van der Waals surface area contributed by atoms with Gasteiger partial charge in [0.05, 0.1) is 24.2 Å². The van der Waals surface area contributed by atoms with Crippen LogP contribution in [0.3, 0.4) is 0 Å². The monoisotopic (exact) mass is 708 g/mol. The highest BCUT2D eigenvalue weighted by Crippen LogP contribution is 2.42. The van der Waals surface area contributed by atoms with Gasteiger partial charge in [-0.1, -0.05) is 48.6 Å². The lowest BCUT2D eigenvalue weighted by Crippen LogP contribution is -2.36. The number of hydrogen-bond donors (Lipinski definition) is 4. The smallest absolute Gasteiger partial charge is 0.337 e. The van der Waals surface area contributed by atoms with Crippen molar-refractivity contribution in [1.82, 2.24) is 0 Å². The van der Waals surface area contributed by atoms with Gasteiger partial charge in [-0.3, -0.25) is 14.4 Å². The van der Waals surface area contributed by atoms with Crippen molar-refractivity contribution >= 4 is 41.1 Å². The van der Waals surface area contributed by atoms with Gasteiger partial charge in [0, 0.05) is 23.2 Å². The first-order valence-corrected chi connectivity index (χ1v) is 18.5. The molecular formula is C42H48N2O8. The van der Waals surface area contributed by atoms with Crippen molar-refractivity contribution in [2.75, 3.05) is 17.7 Å². The van der Waals surface area contributed by atoms with Crippen LogP contribution in [0.15, 0.2) is 85.0 Å². The van der Waals surface area contributed by atoms with Crippen molar-refractivity contribution in [1.29, 1.82) is 0 Å². The summed E-state index contributed by atoms with van der Waals surface area (Å²) in [6.07, 6.45) is 22.7. The van der Waals surface area contributed by atoms with E-state index >= 15 is 0 Å². The van der Waals surface area contributed by atoms with Crippen LogP contribution < -0.4 is 10.6 Å². The molecule has 2 aromatic carbocycles. The first kappa shape index (κ1) is 36.8. The number of fused-ring (bicyclic) bond motifs is 6. The van der Waals surface area contributed by atoms with E-state index < -0.39 is 17.9 Å². The molecular weight excluding hydrogens is 660 g/mol. The quantitative estimate of drug-likeness (QED) is 0.169. The number of esters is 1. The van der Waals surface area contributed by atoms with Gasteiger partial charge in [0.2, 0.25) is 11.8 Å². The van der Waals surface area contributed by atoms with E-state index in [1.807, 2.05) is 0 Å². The Morgan fingerprint density at radius 3 is 1.33 bits per heavy atom. The minimum absolute atomic E-state index is 0.00610. The van der Waals surface area contributed by atoms with E-state index in [1.165, 1.54) is 38.5 Å². The molecule has 3 fully saturated rings. The molecule has 4 N–H and O–H groups in total. The highest BCUT2D eigenvalue weighted by molar-refractivity contribution is 5.96. The van der Waals surface area contributed by atoms with Crippen LogP contribution in [-0.2, 0) is 19.1 Å². The molecule has 274 valence electrons. The zero-order valence-electron chi connectivity index (χ0n) is 29.5. The number of methoxy groups -OCH3 is 1. The van der Waals surface area contributed by atoms with Crippen LogP contribution >= 0.6 is 0 Å². The Morgan fingerprint density at radius 1 is 0.577 bits per heavy atom. The number of ether oxygens (including phenoxy) is 1. The summed E-state index contributed by atoms with van der Waals surface area (Å²) in [5.41, 5.74) is 1.84. The third-order valence-electron chi connectivity index (χ3n) is 11.6. The number of allylic oxidation sites excluding steroid dienone is 6. The van der Waals surface area contributed by atoms with Gasteiger partial charge in [0.1, 0.15) is 0 Å². The molecule has 9 atom stereocenters. The standard InChI is InChI=1S/C17H19NO3.C16H17NO3.C9H12O2/c1-21-17(20)13-3-2-4-14(10-13)18-16(19)15-9-11-5-7-12(15)8-6-11;18-15(14-8-10-4-6-11(14)7-5-10)17-13-3-1-2-12(9-13)16(19)20;10-9(11)8-5-6-1-3-7(8)4-2-6/h2-5,7,10-12,15H,6,8-9H2,1H3,(H,18,19);1-4,6,9-11,14H,5,7-8H2,(H,17,18)(H,19,20);1,3,6-8H,2,4-5H2,(H,10,11). The van der Waals surface area contributed by atoms with Crippen molar-refractivity contribution in [3.05, 3.63) is 96.1 Å². The first-order chi connectivity index (χ1) is 25.1. The molecule has 9 unspecified atom stereocenters. The van der Waals surface area contributed by atoms with Gasteiger partial charge in [-0.05, 0) is 130 Å². The molecule has 9 aliphatic carbocycles. The van der Waals surface area contributed by atoms with Gasteiger partial charge in [-0.2, -0.15) is 0 Å². The maximum absolute atomic E-state index is 12.4. The minimum Gasteiger partial charge on any atom is -0.481 e. The first-order valence-electron chi connectivity index (χ1n) is 18.5. The van der Waals surface area contributed by atoms with Gasteiger partial charge < -0.3 is 25.6 Å². The molecule has 2 aromatic rings. The van der Waals surface area contributed by atoms with Crippen LogP contribution in [0.2, 0.25) is 0 Å². The highest BCUT2D eigenvalue weighted by atomic mass is 16.5. The van der Waals surface area contributed by atoms with Gasteiger partial charge in [0.25, 0.3) is 0 Å². The van der Waals surface area contributed by atoms with E-state index in [2.05, 4.69) is 47.1 Å². The van der Waals surface area contributed by atoms with E-state index in [4.69, 9.17) is 14.9 Å². The fourth-order valence-electron chi connectivity index (χ4n) is 8.72. The normalized spacial score (nSPS) is 29.8. The summed E-state index contributed by atoms with van der Waals surface area (Å²) in [5, 5.41) is 23.6. The van der Waals surface area contributed by atoms with Crippen LogP contribution in [0.25, 0.3) is 0 Å². The van der Waals surface area contributed by atoms with E-state index in [0.717, 1.165) is 38.5 Å². The fourth-order valence-corrected chi connectivity index (χ4v) is 8.72.